The molecule has 0 atom stereocenters. The maximum atomic E-state index is 11.4. The average molecular weight is 298 g/mol. The van der Waals surface area contributed by atoms with E-state index in [-0.39, 0.29) is 10.4 Å². The fraction of sp³-hybridized carbons (Fsp3) is 0.462. The first kappa shape index (κ1) is 12.4. The average Bonchev–Trinajstić information content (AvgIpc) is 2.33. The second kappa shape index (κ2) is 5.54. The van der Waals surface area contributed by atoms with Crippen LogP contribution in [0.5, 0.6) is 0 Å². The van der Waals surface area contributed by atoms with Crippen LogP contribution < -0.4 is 5.32 Å². The lowest BCUT2D eigenvalue weighted by Crippen LogP contribution is -2.43. The van der Waals surface area contributed by atoms with E-state index in [4.69, 9.17) is 4.74 Å². The Morgan fingerprint density at radius 3 is 2.65 bits per heavy atom. The van der Waals surface area contributed by atoms with E-state index in [9.17, 15) is 4.79 Å². The highest BCUT2D eigenvalue weighted by Crippen LogP contribution is 2.39. The third-order valence-electron chi connectivity index (χ3n) is 3.01. The number of carbonyl (C=O) groups is 1. The van der Waals surface area contributed by atoms with Gasteiger partial charge in [-0.15, -0.1) is 0 Å². The number of rotatable bonds is 4. The zero-order chi connectivity index (χ0) is 12.1. The Balaban J connectivity index is 1.67. The molecule has 0 radical (unpaired) electrons. The lowest BCUT2D eigenvalue weighted by atomic mass is 9.85. The molecule has 2 rings (SSSR count). The van der Waals surface area contributed by atoms with E-state index in [2.05, 4.69) is 21.2 Å². The first-order valence-electron chi connectivity index (χ1n) is 5.81. The van der Waals surface area contributed by atoms with Crippen LogP contribution in [0, 0.1) is 0 Å². The van der Waals surface area contributed by atoms with Gasteiger partial charge >= 0.3 is 6.09 Å². The van der Waals surface area contributed by atoms with Crippen LogP contribution in [0.1, 0.15) is 24.8 Å². The molecule has 0 heterocycles. The van der Waals surface area contributed by atoms with Crippen LogP contribution in [-0.2, 0) is 11.3 Å². The minimum atomic E-state index is -0.348. The van der Waals surface area contributed by atoms with Crippen molar-refractivity contribution in [2.24, 2.45) is 0 Å². The Morgan fingerprint density at radius 1 is 1.35 bits per heavy atom. The summed E-state index contributed by atoms with van der Waals surface area (Å²) in [6.07, 6.45) is 3.11. The van der Waals surface area contributed by atoms with Crippen molar-refractivity contribution in [2.75, 3.05) is 6.54 Å². The van der Waals surface area contributed by atoms with Crippen LogP contribution in [-0.4, -0.2) is 17.0 Å². The van der Waals surface area contributed by atoms with Gasteiger partial charge in [-0.1, -0.05) is 52.7 Å². The molecule has 92 valence electrons. The SMILES string of the molecule is O=C(NCC1(Br)CCC1)OCc1ccccc1. The van der Waals surface area contributed by atoms with Crippen LogP contribution in [0.3, 0.4) is 0 Å². The van der Waals surface area contributed by atoms with Crippen molar-refractivity contribution >= 4 is 22.0 Å². The molecule has 0 aromatic heterocycles. The van der Waals surface area contributed by atoms with Crippen molar-refractivity contribution in [1.82, 2.24) is 5.32 Å². The Kier molecular flexibility index (Phi) is 4.05. The molecule has 1 fully saturated rings. The van der Waals surface area contributed by atoms with Crippen molar-refractivity contribution in [3.8, 4) is 0 Å². The minimum absolute atomic E-state index is 0.110. The Bertz CT molecular complexity index is 376. The van der Waals surface area contributed by atoms with Gasteiger partial charge in [-0.05, 0) is 18.4 Å². The van der Waals surface area contributed by atoms with Crippen molar-refractivity contribution < 1.29 is 9.53 Å². The number of alkyl carbamates (subject to hydrolysis) is 1. The quantitative estimate of drug-likeness (QED) is 0.867. The molecule has 0 aliphatic heterocycles. The first-order valence-corrected chi connectivity index (χ1v) is 6.61. The number of hydrogen-bond donors (Lipinski definition) is 1. The van der Waals surface area contributed by atoms with Crippen LogP contribution in [0.4, 0.5) is 4.79 Å². The Labute approximate surface area is 110 Å². The lowest BCUT2D eigenvalue weighted by molar-refractivity contribution is 0.137. The number of hydrogen-bond acceptors (Lipinski definition) is 2. The van der Waals surface area contributed by atoms with Gasteiger partial charge in [0.1, 0.15) is 6.61 Å². The highest BCUT2D eigenvalue weighted by molar-refractivity contribution is 9.10. The molecular weight excluding hydrogens is 282 g/mol. The smallest absolute Gasteiger partial charge is 0.407 e. The van der Waals surface area contributed by atoms with Crippen molar-refractivity contribution in [1.29, 1.82) is 0 Å². The number of carbonyl (C=O) groups excluding carboxylic acids is 1. The van der Waals surface area contributed by atoms with E-state index in [0.717, 1.165) is 18.4 Å². The maximum Gasteiger partial charge on any atom is 0.407 e. The predicted molar refractivity (Wildman–Crippen MR) is 70.1 cm³/mol. The number of benzene rings is 1. The summed E-state index contributed by atoms with van der Waals surface area (Å²) in [6, 6.07) is 9.67. The van der Waals surface area contributed by atoms with Crippen molar-refractivity contribution in [3.05, 3.63) is 35.9 Å². The number of alkyl halides is 1. The van der Waals surface area contributed by atoms with E-state index >= 15 is 0 Å². The summed E-state index contributed by atoms with van der Waals surface area (Å²) < 4.78 is 5.23. The van der Waals surface area contributed by atoms with E-state index in [1.807, 2.05) is 30.3 Å². The molecule has 0 spiro atoms. The molecule has 17 heavy (non-hydrogen) atoms. The van der Waals surface area contributed by atoms with Gasteiger partial charge in [-0.2, -0.15) is 0 Å². The van der Waals surface area contributed by atoms with Crippen LogP contribution in [0.15, 0.2) is 30.3 Å². The summed E-state index contributed by atoms with van der Waals surface area (Å²) in [7, 11) is 0. The van der Waals surface area contributed by atoms with Gasteiger partial charge < -0.3 is 10.1 Å². The fourth-order valence-electron chi connectivity index (χ4n) is 1.74. The zero-order valence-corrected chi connectivity index (χ0v) is 11.2. The molecule has 0 bridgehead atoms. The molecule has 1 saturated carbocycles. The first-order chi connectivity index (χ1) is 8.18. The molecule has 3 nitrogen and oxygen atoms in total. The molecule has 1 aliphatic carbocycles. The van der Waals surface area contributed by atoms with E-state index in [0.29, 0.717) is 13.2 Å². The maximum absolute atomic E-state index is 11.4. The molecule has 1 aromatic rings. The number of ether oxygens (including phenoxy) is 1. The third-order valence-corrected chi connectivity index (χ3v) is 4.09. The van der Waals surface area contributed by atoms with E-state index in [1.165, 1.54) is 6.42 Å². The highest BCUT2D eigenvalue weighted by atomic mass is 79.9. The Morgan fingerprint density at radius 2 is 2.06 bits per heavy atom. The fourth-order valence-corrected chi connectivity index (χ4v) is 2.44. The number of amides is 1. The molecular formula is C13H16BrNO2. The normalized spacial score (nSPS) is 17.0. The second-order valence-corrected chi connectivity index (χ2v) is 6.10. The summed E-state index contributed by atoms with van der Waals surface area (Å²) in [6.45, 7) is 0.961. The lowest BCUT2D eigenvalue weighted by Gasteiger charge is -2.35. The number of nitrogens with one attached hydrogen (secondary N) is 1. The topological polar surface area (TPSA) is 38.3 Å². The van der Waals surface area contributed by atoms with Gasteiger partial charge in [0.2, 0.25) is 0 Å². The van der Waals surface area contributed by atoms with E-state index < -0.39 is 0 Å². The summed E-state index contributed by atoms with van der Waals surface area (Å²) >= 11 is 3.62. The molecule has 0 unspecified atom stereocenters. The van der Waals surface area contributed by atoms with Crippen LogP contribution in [0.25, 0.3) is 0 Å². The molecule has 1 aromatic carbocycles. The Hall–Kier alpha value is -1.03. The van der Waals surface area contributed by atoms with Gasteiger partial charge in [-0.3, -0.25) is 0 Å². The summed E-state index contributed by atoms with van der Waals surface area (Å²) in [5, 5.41) is 2.79. The molecule has 1 aliphatic rings. The van der Waals surface area contributed by atoms with Crippen LogP contribution >= 0.6 is 15.9 Å². The summed E-state index contributed by atoms with van der Waals surface area (Å²) in [5.74, 6) is 0. The zero-order valence-electron chi connectivity index (χ0n) is 9.62. The molecule has 0 saturated heterocycles. The highest BCUT2D eigenvalue weighted by Gasteiger charge is 2.34. The van der Waals surface area contributed by atoms with Gasteiger partial charge in [0.15, 0.2) is 0 Å². The predicted octanol–water partition coefficient (Wildman–Crippen LogP) is 3.23. The third kappa shape index (κ3) is 3.73. The van der Waals surface area contributed by atoms with Gasteiger partial charge in [0, 0.05) is 10.9 Å². The van der Waals surface area contributed by atoms with Gasteiger partial charge in [0.05, 0.1) is 0 Å². The van der Waals surface area contributed by atoms with Gasteiger partial charge in [-0.25, -0.2) is 4.79 Å². The summed E-state index contributed by atoms with van der Waals surface area (Å²) in [5.41, 5.74) is 1.000. The standard InChI is InChI=1S/C13H16BrNO2/c14-13(7-4-8-13)10-15-12(16)17-9-11-5-2-1-3-6-11/h1-3,5-6H,4,7-10H2,(H,15,16). The molecule has 1 amide bonds. The summed E-state index contributed by atoms with van der Waals surface area (Å²) in [4.78, 5) is 11.4. The largest absolute Gasteiger partial charge is 0.445 e. The minimum Gasteiger partial charge on any atom is -0.445 e. The van der Waals surface area contributed by atoms with Crippen molar-refractivity contribution in [2.45, 2.75) is 30.2 Å². The second-order valence-electron chi connectivity index (χ2n) is 4.42. The molecule has 1 N–H and O–H groups in total. The van der Waals surface area contributed by atoms with Crippen molar-refractivity contribution in [3.63, 3.8) is 0 Å². The monoisotopic (exact) mass is 297 g/mol. The van der Waals surface area contributed by atoms with Gasteiger partial charge in [0.25, 0.3) is 0 Å². The van der Waals surface area contributed by atoms with Crippen LogP contribution in [0.2, 0.25) is 0 Å². The van der Waals surface area contributed by atoms with E-state index in [1.54, 1.807) is 0 Å². The molecule has 4 heteroatoms. The number of halogens is 1.